The summed E-state index contributed by atoms with van der Waals surface area (Å²) >= 11 is 4.75. The van der Waals surface area contributed by atoms with Crippen molar-refractivity contribution in [2.75, 3.05) is 0 Å². The Kier molecular flexibility index (Phi) is 3.98. The van der Waals surface area contributed by atoms with Crippen LogP contribution in [-0.2, 0) is 0 Å². The van der Waals surface area contributed by atoms with E-state index < -0.39 is 0 Å². The van der Waals surface area contributed by atoms with Crippen LogP contribution in [0.1, 0.15) is 11.3 Å². The first-order valence-corrected chi connectivity index (χ1v) is 5.75. The van der Waals surface area contributed by atoms with Crippen molar-refractivity contribution in [1.29, 1.82) is 0 Å². The van der Waals surface area contributed by atoms with Gasteiger partial charge in [0.05, 0.1) is 0 Å². The van der Waals surface area contributed by atoms with Crippen LogP contribution < -0.4 is 5.56 Å². The first-order valence-electron chi connectivity index (χ1n) is 5.34. The molecule has 0 bridgehead atoms. The molecule has 2 aromatic rings. The minimum Gasteiger partial charge on any atom is -0.296 e. The number of aromatic nitrogens is 3. The van der Waals surface area contributed by atoms with Crippen molar-refractivity contribution < 1.29 is 0 Å². The highest BCUT2D eigenvalue weighted by molar-refractivity contribution is 7.71. The van der Waals surface area contributed by atoms with Gasteiger partial charge in [-0.05, 0) is 23.9 Å². The standard InChI is InChI=1S/C13H11N3OS/c17-12-11(15-16-13(18)14-12)9-5-4-8-10-6-2-1-3-7-10/h1-9H,(H2,14,16,17,18). The summed E-state index contributed by atoms with van der Waals surface area (Å²) in [7, 11) is 0. The molecule has 0 unspecified atom stereocenters. The molecule has 0 spiro atoms. The van der Waals surface area contributed by atoms with Crippen molar-refractivity contribution in [3.8, 4) is 0 Å². The molecule has 0 aliphatic carbocycles. The van der Waals surface area contributed by atoms with E-state index in [1.807, 2.05) is 42.5 Å². The zero-order valence-corrected chi connectivity index (χ0v) is 10.3. The second kappa shape index (κ2) is 5.88. The van der Waals surface area contributed by atoms with Gasteiger partial charge in [-0.15, -0.1) is 0 Å². The SMILES string of the molecule is O=c1[nH]c(=S)[nH]nc1C=CC=Cc1ccccc1. The molecule has 5 heteroatoms. The van der Waals surface area contributed by atoms with E-state index in [1.54, 1.807) is 12.2 Å². The topological polar surface area (TPSA) is 61.5 Å². The van der Waals surface area contributed by atoms with Crippen LogP contribution in [0, 0.1) is 4.77 Å². The van der Waals surface area contributed by atoms with Gasteiger partial charge in [0.2, 0.25) is 0 Å². The number of nitrogens with one attached hydrogen (secondary N) is 2. The average molecular weight is 257 g/mol. The molecule has 18 heavy (non-hydrogen) atoms. The highest BCUT2D eigenvalue weighted by atomic mass is 32.1. The van der Waals surface area contributed by atoms with Gasteiger partial charge in [-0.3, -0.25) is 14.9 Å². The van der Waals surface area contributed by atoms with Gasteiger partial charge in [0.25, 0.3) is 5.56 Å². The summed E-state index contributed by atoms with van der Waals surface area (Å²) in [6.45, 7) is 0. The molecule has 1 heterocycles. The van der Waals surface area contributed by atoms with Crippen LogP contribution in [0.3, 0.4) is 0 Å². The third kappa shape index (κ3) is 3.36. The van der Waals surface area contributed by atoms with Crippen LogP contribution in [0.4, 0.5) is 0 Å². The molecular weight excluding hydrogens is 246 g/mol. The predicted octanol–water partition coefficient (Wildman–Crippen LogP) is 2.55. The van der Waals surface area contributed by atoms with Crippen molar-refractivity contribution in [3.05, 3.63) is 68.9 Å². The highest BCUT2D eigenvalue weighted by Crippen LogP contribution is 2.01. The van der Waals surface area contributed by atoms with Crippen LogP contribution >= 0.6 is 12.2 Å². The molecule has 1 aromatic heterocycles. The van der Waals surface area contributed by atoms with Crippen molar-refractivity contribution in [3.63, 3.8) is 0 Å². The molecule has 90 valence electrons. The fourth-order valence-electron chi connectivity index (χ4n) is 1.35. The van der Waals surface area contributed by atoms with Crippen LogP contribution in [0.15, 0.2) is 47.3 Å². The number of hydrogen-bond acceptors (Lipinski definition) is 3. The Hall–Kier alpha value is -2.27. The molecule has 0 saturated heterocycles. The van der Waals surface area contributed by atoms with Gasteiger partial charge in [0.1, 0.15) is 5.69 Å². The summed E-state index contributed by atoms with van der Waals surface area (Å²) in [6, 6.07) is 9.88. The summed E-state index contributed by atoms with van der Waals surface area (Å²) < 4.78 is 0.219. The van der Waals surface area contributed by atoms with Crippen molar-refractivity contribution in [2.24, 2.45) is 0 Å². The molecule has 0 aliphatic heterocycles. The van der Waals surface area contributed by atoms with Crippen LogP contribution in [-0.4, -0.2) is 15.2 Å². The second-order valence-electron chi connectivity index (χ2n) is 3.52. The number of benzene rings is 1. The number of nitrogens with zero attached hydrogens (tertiary/aromatic N) is 1. The lowest BCUT2D eigenvalue weighted by Gasteiger charge is -1.90. The summed E-state index contributed by atoms with van der Waals surface area (Å²) in [5, 5.41) is 6.36. The molecule has 0 saturated carbocycles. The molecular formula is C13H11N3OS. The molecule has 0 fully saturated rings. The Labute approximate surface area is 109 Å². The lowest BCUT2D eigenvalue weighted by Crippen LogP contribution is -2.12. The number of hydrogen-bond donors (Lipinski definition) is 2. The Morgan fingerprint density at radius 3 is 2.56 bits per heavy atom. The molecule has 1 aromatic carbocycles. The van der Waals surface area contributed by atoms with E-state index in [1.165, 1.54) is 0 Å². The zero-order valence-electron chi connectivity index (χ0n) is 9.46. The predicted molar refractivity (Wildman–Crippen MR) is 74.6 cm³/mol. The van der Waals surface area contributed by atoms with E-state index in [-0.39, 0.29) is 10.3 Å². The third-order valence-corrected chi connectivity index (χ3v) is 2.38. The van der Waals surface area contributed by atoms with E-state index in [2.05, 4.69) is 15.2 Å². The zero-order chi connectivity index (χ0) is 12.8. The molecule has 2 N–H and O–H groups in total. The van der Waals surface area contributed by atoms with Crippen molar-refractivity contribution >= 4 is 24.4 Å². The summed E-state index contributed by atoms with van der Waals surface area (Å²) in [4.78, 5) is 13.9. The Balaban J connectivity index is 2.10. The van der Waals surface area contributed by atoms with Crippen LogP contribution in [0.25, 0.3) is 12.2 Å². The number of allylic oxidation sites excluding steroid dienone is 2. The minimum absolute atomic E-state index is 0.219. The fourth-order valence-corrected chi connectivity index (χ4v) is 1.49. The lowest BCUT2D eigenvalue weighted by atomic mass is 10.2. The van der Waals surface area contributed by atoms with Crippen molar-refractivity contribution in [2.45, 2.75) is 0 Å². The monoisotopic (exact) mass is 257 g/mol. The van der Waals surface area contributed by atoms with Gasteiger partial charge >= 0.3 is 0 Å². The highest BCUT2D eigenvalue weighted by Gasteiger charge is 1.93. The first-order chi connectivity index (χ1) is 8.75. The normalized spacial score (nSPS) is 11.3. The maximum Gasteiger partial charge on any atom is 0.277 e. The molecule has 0 radical (unpaired) electrons. The summed E-state index contributed by atoms with van der Waals surface area (Å²) in [5.74, 6) is 0. The van der Waals surface area contributed by atoms with Gasteiger partial charge in [-0.1, -0.05) is 48.6 Å². The minimum atomic E-state index is -0.303. The summed E-state index contributed by atoms with van der Waals surface area (Å²) in [6.07, 6.45) is 7.15. The molecule has 0 amide bonds. The number of rotatable bonds is 3. The Morgan fingerprint density at radius 1 is 1.11 bits per heavy atom. The lowest BCUT2D eigenvalue weighted by molar-refractivity contribution is 0.911. The van der Waals surface area contributed by atoms with Gasteiger partial charge < -0.3 is 0 Å². The maximum absolute atomic E-state index is 11.4. The van der Waals surface area contributed by atoms with Gasteiger partial charge in [0, 0.05) is 0 Å². The fraction of sp³-hybridized carbons (Fsp3) is 0. The molecule has 0 aliphatic rings. The van der Waals surface area contributed by atoms with Crippen molar-refractivity contribution in [1.82, 2.24) is 15.2 Å². The third-order valence-electron chi connectivity index (χ3n) is 2.19. The number of H-pyrrole nitrogens is 2. The Morgan fingerprint density at radius 2 is 1.83 bits per heavy atom. The second-order valence-corrected chi connectivity index (χ2v) is 3.93. The number of aromatic amines is 2. The van der Waals surface area contributed by atoms with Gasteiger partial charge in [-0.25, -0.2) is 0 Å². The van der Waals surface area contributed by atoms with Gasteiger partial charge in [0.15, 0.2) is 4.77 Å². The van der Waals surface area contributed by atoms with E-state index in [0.29, 0.717) is 5.69 Å². The van der Waals surface area contributed by atoms with Gasteiger partial charge in [-0.2, -0.15) is 5.10 Å². The average Bonchev–Trinajstić information content (AvgIpc) is 2.38. The molecule has 2 rings (SSSR count). The molecule has 0 atom stereocenters. The van der Waals surface area contributed by atoms with Crippen LogP contribution in [0.2, 0.25) is 0 Å². The quantitative estimate of drug-likeness (QED) is 0.656. The summed E-state index contributed by atoms with van der Waals surface area (Å²) in [5.41, 5.74) is 1.08. The van der Waals surface area contributed by atoms with E-state index in [4.69, 9.17) is 12.2 Å². The molecule has 4 nitrogen and oxygen atoms in total. The Bertz CT molecular complexity index is 683. The smallest absolute Gasteiger partial charge is 0.277 e. The van der Waals surface area contributed by atoms with E-state index >= 15 is 0 Å². The first kappa shape index (κ1) is 12.2. The van der Waals surface area contributed by atoms with Crippen LogP contribution in [0.5, 0.6) is 0 Å². The maximum atomic E-state index is 11.4. The van der Waals surface area contributed by atoms with E-state index in [0.717, 1.165) is 5.56 Å². The van der Waals surface area contributed by atoms with E-state index in [9.17, 15) is 4.79 Å². The largest absolute Gasteiger partial charge is 0.296 e.